The van der Waals surface area contributed by atoms with Gasteiger partial charge in [-0.15, -0.1) is 0 Å². The third kappa shape index (κ3) is 3.45. The van der Waals surface area contributed by atoms with Gasteiger partial charge in [0.25, 0.3) is 5.91 Å². The summed E-state index contributed by atoms with van der Waals surface area (Å²) < 4.78 is 5.06. The Kier molecular flexibility index (Phi) is 3.66. The van der Waals surface area contributed by atoms with Crippen molar-refractivity contribution in [2.24, 2.45) is 0 Å². The molecule has 1 aromatic carbocycles. The summed E-state index contributed by atoms with van der Waals surface area (Å²) in [6.45, 7) is 1.76. The van der Waals surface area contributed by atoms with Gasteiger partial charge in [-0.2, -0.15) is 0 Å². The number of amides is 1. The summed E-state index contributed by atoms with van der Waals surface area (Å²) in [6, 6.07) is 8.33. The number of anilines is 1. The van der Waals surface area contributed by atoms with E-state index in [4.69, 9.17) is 9.52 Å². The lowest BCUT2D eigenvalue weighted by molar-refractivity contribution is -0.136. The average molecular weight is 259 g/mol. The van der Waals surface area contributed by atoms with Crippen molar-refractivity contribution in [3.8, 4) is 0 Å². The van der Waals surface area contributed by atoms with Crippen LogP contribution in [0.15, 0.2) is 41.0 Å². The maximum absolute atomic E-state index is 11.8. The van der Waals surface area contributed by atoms with E-state index in [0.29, 0.717) is 22.6 Å². The molecule has 2 N–H and O–H groups in total. The van der Waals surface area contributed by atoms with Crippen molar-refractivity contribution in [3.05, 3.63) is 53.5 Å². The number of benzene rings is 1. The standard InChI is InChI=1S/C14H13NO4/c1-9-6-11(8-19-9)14(18)15-12-4-2-10(3-5-12)7-13(16)17/h2-6,8H,7H2,1H3,(H,15,18)(H,16,17). The summed E-state index contributed by atoms with van der Waals surface area (Å²) in [5.74, 6) is -0.476. The van der Waals surface area contributed by atoms with Crippen molar-refractivity contribution in [1.29, 1.82) is 0 Å². The Labute approximate surface area is 109 Å². The molecule has 0 saturated carbocycles. The van der Waals surface area contributed by atoms with E-state index in [1.54, 1.807) is 37.3 Å². The van der Waals surface area contributed by atoms with Crippen LogP contribution in [0.3, 0.4) is 0 Å². The average Bonchev–Trinajstić information content (AvgIpc) is 2.78. The number of nitrogens with one attached hydrogen (secondary N) is 1. The third-order valence-corrected chi connectivity index (χ3v) is 2.56. The molecule has 2 rings (SSSR count). The maximum Gasteiger partial charge on any atom is 0.307 e. The molecule has 0 aliphatic rings. The van der Waals surface area contributed by atoms with E-state index in [2.05, 4.69) is 5.32 Å². The van der Waals surface area contributed by atoms with Crippen LogP contribution in [-0.4, -0.2) is 17.0 Å². The molecule has 0 bridgehead atoms. The van der Waals surface area contributed by atoms with Gasteiger partial charge < -0.3 is 14.8 Å². The summed E-state index contributed by atoms with van der Waals surface area (Å²) in [7, 11) is 0. The highest BCUT2D eigenvalue weighted by molar-refractivity contribution is 6.04. The molecule has 0 spiro atoms. The summed E-state index contributed by atoms with van der Waals surface area (Å²) in [5, 5.41) is 11.4. The number of carboxylic acids is 1. The first kappa shape index (κ1) is 12.9. The normalized spacial score (nSPS) is 10.2. The Morgan fingerprint density at radius 2 is 1.95 bits per heavy atom. The number of carbonyl (C=O) groups excluding carboxylic acids is 1. The van der Waals surface area contributed by atoms with E-state index in [9.17, 15) is 9.59 Å². The number of rotatable bonds is 4. The van der Waals surface area contributed by atoms with Gasteiger partial charge >= 0.3 is 5.97 Å². The molecule has 2 aromatic rings. The first-order valence-corrected chi connectivity index (χ1v) is 5.72. The third-order valence-electron chi connectivity index (χ3n) is 2.56. The van der Waals surface area contributed by atoms with Gasteiger partial charge in [0.1, 0.15) is 12.0 Å². The molecule has 0 atom stereocenters. The Balaban J connectivity index is 2.03. The van der Waals surface area contributed by atoms with Crippen LogP contribution in [0.25, 0.3) is 0 Å². The Morgan fingerprint density at radius 3 is 2.47 bits per heavy atom. The number of hydrogen-bond donors (Lipinski definition) is 2. The van der Waals surface area contributed by atoms with Crippen molar-refractivity contribution in [3.63, 3.8) is 0 Å². The number of aryl methyl sites for hydroxylation is 1. The molecule has 0 aliphatic heterocycles. The number of carbonyl (C=O) groups is 2. The first-order valence-electron chi connectivity index (χ1n) is 5.72. The molecular weight excluding hydrogens is 246 g/mol. The molecule has 0 aliphatic carbocycles. The summed E-state index contributed by atoms with van der Waals surface area (Å²) in [4.78, 5) is 22.4. The van der Waals surface area contributed by atoms with Crippen LogP contribution in [0.1, 0.15) is 21.7 Å². The molecule has 0 radical (unpaired) electrons. The number of aliphatic carboxylic acids is 1. The second-order valence-corrected chi connectivity index (χ2v) is 4.17. The van der Waals surface area contributed by atoms with Gasteiger partial charge in [-0.05, 0) is 30.7 Å². The van der Waals surface area contributed by atoms with Gasteiger partial charge in [-0.25, -0.2) is 0 Å². The lowest BCUT2D eigenvalue weighted by atomic mass is 10.1. The Bertz CT molecular complexity index is 598. The van der Waals surface area contributed by atoms with E-state index in [1.165, 1.54) is 6.26 Å². The number of carboxylic acid groups (broad SMARTS) is 1. The summed E-state index contributed by atoms with van der Waals surface area (Å²) in [6.07, 6.45) is 1.36. The van der Waals surface area contributed by atoms with Crippen molar-refractivity contribution < 1.29 is 19.1 Å². The minimum atomic E-state index is -0.884. The zero-order valence-corrected chi connectivity index (χ0v) is 10.3. The van der Waals surface area contributed by atoms with Crippen LogP contribution in [0, 0.1) is 6.92 Å². The first-order chi connectivity index (χ1) is 9.04. The number of hydrogen-bond acceptors (Lipinski definition) is 3. The Morgan fingerprint density at radius 1 is 1.26 bits per heavy atom. The lowest BCUT2D eigenvalue weighted by Gasteiger charge is -2.04. The lowest BCUT2D eigenvalue weighted by Crippen LogP contribution is -2.10. The van der Waals surface area contributed by atoms with E-state index in [1.807, 2.05) is 0 Å². The summed E-state index contributed by atoms with van der Waals surface area (Å²) in [5.41, 5.74) is 1.75. The highest BCUT2D eigenvalue weighted by Gasteiger charge is 2.09. The molecule has 98 valence electrons. The van der Waals surface area contributed by atoms with Gasteiger partial charge in [-0.1, -0.05) is 12.1 Å². The van der Waals surface area contributed by atoms with Gasteiger partial charge in [0.2, 0.25) is 0 Å². The summed E-state index contributed by atoms with van der Waals surface area (Å²) >= 11 is 0. The fourth-order valence-corrected chi connectivity index (χ4v) is 1.65. The maximum atomic E-state index is 11.8. The molecule has 0 unspecified atom stereocenters. The molecule has 19 heavy (non-hydrogen) atoms. The molecule has 5 nitrogen and oxygen atoms in total. The largest absolute Gasteiger partial charge is 0.481 e. The second kappa shape index (κ2) is 5.39. The molecule has 0 fully saturated rings. The van der Waals surface area contributed by atoms with Crippen LogP contribution in [0.5, 0.6) is 0 Å². The zero-order chi connectivity index (χ0) is 13.8. The van der Waals surface area contributed by atoms with Crippen molar-refractivity contribution in [2.75, 3.05) is 5.32 Å². The molecule has 0 saturated heterocycles. The van der Waals surface area contributed by atoms with Crippen LogP contribution in [-0.2, 0) is 11.2 Å². The smallest absolute Gasteiger partial charge is 0.307 e. The molecule has 1 aromatic heterocycles. The van der Waals surface area contributed by atoms with Crippen molar-refractivity contribution >= 4 is 17.6 Å². The van der Waals surface area contributed by atoms with Gasteiger partial charge in [0, 0.05) is 5.69 Å². The Hall–Kier alpha value is -2.56. The fourth-order valence-electron chi connectivity index (χ4n) is 1.65. The SMILES string of the molecule is Cc1cc(C(=O)Nc2ccc(CC(=O)O)cc2)co1. The van der Waals surface area contributed by atoms with Gasteiger partial charge in [-0.3, -0.25) is 9.59 Å². The molecule has 1 heterocycles. The van der Waals surface area contributed by atoms with Crippen LogP contribution < -0.4 is 5.32 Å². The number of furan rings is 1. The molecule has 1 amide bonds. The van der Waals surface area contributed by atoms with Gasteiger partial charge in [0.05, 0.1) is 12.0 Å². The van der Waals surface area contributed by atoms with Crippen LogP contribution in [0.2, 0.25) is 0 Å². The quantitative estimate of drug-likeness (QED) is 0.883. The van der Waals surface area contributed by atoms with Crippen LogP contribution >= 0.6 is 0 Å². The minimum Gasteiger partial charge on any atom is -0.481 e. The van der Waals surface area contributed by atoms with E-state index in [0.717, 1.165) is 0 Å². The molecular formula is C14H13NO4. The van der Waals surface area contributed by atoms with Crippen molar-refractivity contribution in [2.45, 2.75) is 13.3 Å². The highest BCUT2D eigenvalue weighted by atomic mass is 16.4. The predicted molar refractivity (Wildman–Crippen MR) is 69.2 cm³/mol. The van der Waals surface area contributed by atoms with E-state index < -0.39 is 5.97 Å². The van der Waals surface area contributed by atoms with E-state index >= 15 is 0 Å². The minimum absolute atomic E-state index is 0.0326. The van der Waals surface area contributed by atoms with Crippen LogP contribution in [0.4, 0.5) is 5.69 Å². The topological polar surface area (TPSA) is 79.5 Å². The van der Waals surface area contributed by atoms with E-state index in [-0.39, 0.29) is 12.3 Å². The van der Waals surface area contributed by atoms with Gasteiger partial charge in [0.15, 0.2) is 0 Å². The highest BCUT2D eigenvalue weighted by Crippen LogP contribution is 2.13. The zero-order valence-electron chi connectivity index (χ0n) is 10.3. The van der Waals surface area contributed by atoms with Crippen molar-refractivity contribution in [1.82, 2.24) is 0 Å². The molecule has 5 heteroatoms. The monoisotopic (exact) mass is 259 g/mol. The second-order valence-electron chi connectivity index (χ2n) is 4.17. The predicted octanol–water partition coefficient (Wildman–Crippen LogP) is 2.47. The fraction of sp³-hybridized carbons (Fsp3) is 0.143.